The van der Waals surface area contributed by atoms with Crippen molar-refractivity contribution in [3.8, 4) is 45.9 Å². The van der Waals surface area contributed by atoms with Crippen molar-refractivity contribution in [2.75, 3.05) is 0 Å². The van der Waals surface area contributed by atoms with E-state index in [1.165, 1.54) is 12.1 Å². The van der Waals surface area contributed by atoms with Crippen LogP contribution in [0.1, 0.15) is 68.9 Å². The molecule has 7 heteroatoms. The molecule has 0 fully saturated rings. The average molecular weight is 1140 g/mol. The van der Waals surface area contributed by atoms with Gasteiger partial charge < -0.3 is 4.74 Å². The first-order valence-corrected chi connectivity index (χ1v) is 29.0. The highest BCUT2D eigenvalue weighted by Crippen LogP contribution is 2.63. The van der Waals surface area contributed by atoms with Crippen LogP contribution in [0.15, 0.2) is 290 Å². The van der Waals surface area contributed by atoms with Gasteiger partial charge in [0.25, 0.3) is 0 Å². The molecule has 402 valence electrons. The van der Waals surface area contributed by atoms with E-state index in [2.05, 4.69) is 30.3 Å². The minimum atomic E-state index is -6.10. The number of hydrogen-bond donors (Lipinski definition) is 0. The molecule has 2 aliphatic rings. The molecule has 86 heavy (non-hydrogen) atoms. The van der Waals surface area contributed by atoms with Gasteiger partial charge in [-0.1, -0.05) is 254 Å². The van der Waals surface area contributed by atoms with Gasteiger partial charge in [0.05, 0.1) is 68.6 Å². The Morgan fingerprint density at radius 1 is 0.395 bits per heavy atom. The van der Waals surface area contributed by atoms with E-state index >= 15 is 0 Å². The van der Waals surface area contributed by atoms with E-state index in [0.717, 1.165) is 48.1 Å². The molecule has 0 bridgehead atoms. The number of aryl methyl sites for hydroxylation is 1. The Morgan fingerprint density at radius 2 is 0.895 bits per heavy atom. The second-order valence-electron chi connectivity index (χ2n) is 20.8. The molecule has 6 nitrogen and oxygen atoms in total. The smallest absolute Gasteiger partial charge is 0.240 e. The molecule has 3 aromatic heterocycles. The fraction of sp³-hybridized carbons (Fsp3) is 0.0253. The van der Waals surface area contributed by atoms with E-state index < -0.39 is 277 Å². The molecule has 13 aromatic carbocycles. The van der Waals surface area contributed by atoms with E-state index in [9.17, 15) is 27.4 Å². The van der Waals surface area contributed by atoms with Crippen molar-refractivity contribution >= 4 is 94.0 Å². The van der Waals surface area contributed by atoms with Crippen LogP contribution in [0.4, 0.5) is 0 Å². The van der Waals surface area contributed by atoms with Gasteiger partial charge in [0.15, 0.2) is 13.9 Å². The maximum absolute atomic E-state index is 11.1. The quantitative estimate of drug-likeness (QED) is 0.0906. The highest BCUT2D eigenvalue weighted by atomic mass is 28.3. The lowest BCUT2D eigenvalue weighted by molar-refractivity contribution is 0.441. The molecule has 4 heterocycles. The summed E-state index contributed by atoms with van der Waals surface area (Å²) in [6.07, 6.45) is 0. The highest BCUT2D eigenvalue weighted by Gasteiger charge is 2.51. The zero-order valence-electron chi connectivity index (χ0n) is 74.5. The lowest BCUT2D eigenvalue weighted by Crippen LogP contribution is -2.74. The van der Waals surface area contributed by atoms with Crippen LogP contribution in [0.5, 0.6) is 11.5 Å². The average Bonchev–Trinajstić information content (AvgIpc) is 1.56. The molecule has 16 aromatic rings. The number of fused-ring (bicyclic) bond motifs is 19. The molecule has 0 atom stereocenters. The van der Waals surface area contributed by atoms with Crippen LogP contribution in [0, 0.1) is 6.92 Å². The summed E-state index contributed by atoms with van der Waals surface area (Å²) >= 11 is 0. The number of hydrogen-bond acceptors (Lipinski definition) is 4. The number of rotatable bonds is 7. The largest absolute Gasteiger partial charge is 0.456 e. The normalized spacial score (nSPS) is 18.0. The van der Waals surface area contributed by atoms with Crippen molar-refractivity contribution in [1.29, 1.82) is 0 Å². The van der Waals surface area contributed by atoms with Crippen LogP contribution in [0.3, 0.4) is 0 Å². The number of para-hydroxylation sites is 4. The van der Waals surface area contributed by atoms with Crippen molar-refractivity contribution in [2.24, 2.45) is 0 Å². The monoisotopic (exact) mass is 1140 g/mol. The third-order valence-corrected chi connectivity index (χ3v) is 20.7. The van der Waals surface area contributed by atoms with Gasteiger partial charge >= 0.3 is 0 Å². The topological polar surface area (TPSA) is 57.8 Å². The molecule has 0 N–H and O–H groups in total. The molecular formula is C79H51N5OSi. The van der Waals surface area contributed by atoms with Crippen molar-refractivity contribution in [3.05, 3.63) is 318 Å². The van der Waals surface area contributed by atoms with Gasteiger partial charge in [-0.05, 0) is 108 Å². The van der Waals surface area contributed by atoms with Crippen LogP contribution in [0.25, 0.3) is 99.6 Å². The molecule has 18 rings (SSSR count). The molecule has 0 saturated carbocycles. The molecule has 1 spiro atoms. The predicted molar refractivity (Wildman–Crippen MR) is 355 cm³/mol. The maximum Gasteiger partial charge on any atom is 0.240 e. The van der Waals surface area contributed by atoms with Crippen LogP contribution in [0.2, 0.25) is 0 Å². The molecule has 1 aliphatic heterocycles. The number of nitrogens with zero attached hydrogens (tertiary/aromatic N) is 5. The zero-order valence-corrected chi connectivity index (χ0v) is 45.5. The SMILES string of the molecule is [2H]c1c([2H])c([2H])c([Si](c2ccc3c(ccc4c5c(ccc43)C3(c4ccc(C)cc4O5)c4ccccc4-c4ccccc43)c2)(c2c([2H])c([2H])c([2H])c([2H])c2[2H])c2c([2H])c([2H])c([2H])c(-c3nc(-n4c5c([2H])c([2H])c([2H])c([2H])c5c5c([2H])c([2H])c([2H])c([2H])c54)nc(-n4c5c([2H])c([2H])c([2H])c([2H])c5c5c([2H])c([2H])c([2H])c([2H])c54)n3)c2[2H])c([2H])c1[2H]. The molecule has 0 radical (unpaired) electrons. The number of benzene rings is 13. The third-order valence-electron chi connectivity index (χ3n) is 16.6. The second-order valence-corrected chi connectivity index (χ2v) is 24.4. The summed E-state index contributed by atoms with van der Waals surface area (Å²) in [5.41, 5.74) is 1.95. The summed E-state index contributed by atoms with van der Waals surface area (Å²) < 4.78 is 294. The van der Waals surface area contributed by atoms with Gasteiger partial charge in [0.1, 0.15) is 11.5 Å². The van der Waals surface area contributed by atoms with E-state index in [-0.39, 0.29) is 10.6 Å². The number of aromatic nitrogens is 5. The van der Waals surface area contributed by atoms with E-state index in [1.54, 1.807) is 18.2 Å². The van der Waals surface area contributed by atoms with Crippen LogP contribution in [-0.4, -0.2) is 32.2 Å². The molecular weight excluding hydrogens is 1060 g/mol. The van der Waals surface area contributed by atoms with Crippen molar-refractivity contribution in [3.63, 3.8) is 0 Å². The first-order chi connectivity index (χ1) is 55.0. The maximum atomic E-state index is 11.1. The van der Waals surface area contributed by atoms with Gasteiger partial charge in [-0.15, -0.1) is 0 Å². The van der Waals surface area contributed by atoms with E-state index in [1.807, 2.05) is 55.5 Å². The Morgan fingerprint density at radius 3 is 1.48 bits per heavy atom. The van der Waals surface area contributed by atoms with Gasteiger partial charge in [0, 0.05) is 43.6 Å². The lowest BCUT2D eigenvalue weighted by Gasteiger charge is -2.40. The Balaban J connectivity index is 1.01. The van der Waals surface area contributed by atoms with Crippen molar-refractivity contribution in [2.45, 2.75) is 12.3 Å². The van der Waals surface area contributed by atoms with Gasteiger partial charge in [-0.3, -0.25) is 9.13 Å². The van der Waals surface area contributed by atoms with Crippen LogP contribution < -0.4 is 25.5 Å². The summed E-state index contributed by atoms with van der Waals surface area (Å²) in [5.74, 6) is -2.02. The Bertz CT molecular complexity index is 6860. The minimum absolute atomic E-state index is 0.262. The fourth-order valence-electron chi connectivity index (χ4n) is 13.1. The fourth-order valence-corrected chi connectivity index (χ4v) is 17.0. The van der Waals surface area contributed by atoms with Gasteiger partial charge in [0.2, 0.25) is 11.9 Å². The summed E-state index contributed by atoms with van der Waals surface area (Å²) in [4.78, 5) is 14.3. The molecule has 0 unspecified atom stereocenters. The number of ether oxygens (including phenoxy) is 1. The zero-order chi connectivity index (χ0) is 82.8. The summed E-state index contributed by atoms with van der Waals surface area (Å²) in [6, 6.07) is 4.30. The third kappa shape index (κ3) is 6.74. The van der Waals surface area contributed by atoms with Crippen molar-refractivity contribution < 1.29 is 45.9 Å². The first kappa shape index (κ1) is 27.6. The van der Waals surface area contributed by atoms with E-state index in [0.29, 0.717) is 27.7 Å². The summed E-state index contributed by atoms with van der Waals surface area (Å²) in [6.45, 7) is 1.95. The molecule has 1 aliphatic carbocycles. The second kappa shape index (κ2) is 18.5. The summed E-state index contributed by atoms with van der Waals surface area (Å²) in [7, 11) is -6.10. The van der Waals surface area contributed by atoms with Gasteiger partial charge in [-0.25, -0.2) is 0 Å². The Hall–Kier alpha value is -11.0. The van der Waals surface area contributed by atoms with Gasteiger partial charge in [-0.2, -0.15) is 15.0 Å². The molecule has 0 amide bonds. The molecule has 0 saturated heterocycles. The first-order valence-electron chi connectivity index (χ1n) is 42.0. The van der Waals surface area contributed by atoms with Crippen molar-refractivity contribution in [1.82, 2.24) is 24.1 Å². The standard InChI is InChI=1S/C79H51N5OSi/c1-50-39-45-68-74(47-50)85-75-65-42-40-51-48-56(41-43-57(51)58(65)44-46-69(75)79(68)66-33-14-8-27-59(66)60-28-9-15-34-67(60)79)86(53-22-4-2-5-23-53,54-24-6-3-7-25-54)55-26-20-21-52(49-55)76-80-77(83-70-35-16-10-29-61(70)62-30-11-17-36-71(62)83)82-78(81-76)84-72-37-18-12-31-63(72)64-32-13-19-38-73(64)84/h2-49H,1H3/i2D,3D,4D,5D,6D,7D,10D,11D,12D,13D,16D,17D,18D,19D,20D,21D,22D,23D,24D,25D,26D,29D,30D,31D,32D,35D,36D,37D,38D,49D. The van der Waals surface area contributed by atoms with Crippen LogP contribution in [-0.2, 0) is 5.41 Å². The predicted octanol–water partition coefficient (Wildman–Crippen LogP) is 16.2. The summed E-state index contributed by atoms with van der Waals surface area (Å²) in [5, 5.41) is -3.24. The Labute approximate surface area is 539 Å². The lowest BCUT2D eigenvalue weighted by atomic mass is 9.65. The van der Waals surface area contributed by atoms with E-state index in [4.69, 9.17) is 33.4 Å². The Kier molecular flexibility index (Phi) is 5.94. The minimum Gasteiger partial charge on any atom is -0.456 e. The van der Waals surface area contributed by atoms with Crippen LogP contribution >= 0.6 is 0 Å². The highest BCUT2D eigenvalue weighted by molar-refractivity contribution is 7.20.